The van der Waals surface area contributed by atoms with E-state index in [4.69, 9.17) is 10.8 Å². The number of ether oxygens (including phenoxy) is 1. The maximum atomic E-state index is 10.4. The number of carbonyl (C=O) groups is 1. The monoisotopic (exact) mass is 169 g/mol. The van der Waals surface area contributed by atoms with Crippen LogP contribution in [-0.2, 0) is 9.53 Å². The number of nitrogens with two attached hydrogens (primary N) is 1. The molecule has 0 aliphatic carbocycles. The largest absolute Gasteiger partial charge is 0.463 e. The van der Waals surface area contributed by atoms with Gasteiger partial charge in [-0.15, -0.1) is 12.4 Å². The minimum atomic E-state index is -0.355. The van der Waals surface area contributed by atoms with Crippen LogP contribution >= 0.6 is 12.4 Å². The second kappa shape index (κ2) is 8.68. The predicted molar refractivity (Wildman–Crippen MR) is 39.0 cm³/mol. The average molecular weight is 170 g/mol. The van der Waals surface area contributed by atoms with Crippen molar-refractivity contribution in [1.29, 1.82) is 0 Å². The lowest BCUT2D eigenvalue weighted by Gasteiger charge is -1.98. The van der Waals surface area contributed by atoms with Crippen LogP contribution in [0, 0.1) is 0 Å². The number of esters is 1. The van der Waals surface area contributed by atoms with Gasteiger partial charge in [-0.1, -0.05) is 0 Å². The van der Waals surface area contributed by atoms with Crippen molar-refractivity contribution in [3.05, 3.63) is 0 Å². The van der Waals surface area contributed by atoms with Crippen molar-refractivity contribution in [3.63, 3.8) is 0 Å². The first kappa shape index (κ1) is 12.4. The Morgan fingerprint density at radius 2 is 2.20 bits per heavy atom. The fraction of sp³-hybridized carbons (Fsp3) is 0.800. The zero-order valence-corrected chi connectivity index (χ0v) is 6.39. The highest BCUT2D eigenvalue weighted by Crippen LogP contribution is 1.81. The van der Waals surface area contributed by atoms with Gasteiger partial charge in [-0.05, 0) is 0 Å². The van der Waals surface area contributed by atoms with Crippen LogP contribution < -0.4 is 5.73 Å². The summed E-state index contributed by atoms with van der Waals surface area (Å²) in [6.07, 6.45) is 0.222. The summed E-state index contributed by atoms with van der Waals surface area (Å²) < 4.78 is 4.46. The molecule has 0 fully saturated rings. The molecule has 0 aromatic heterocycles. The van der Waals surface area contributed by atoms with Gasteiger partial charge in [-0.25, -0.2) is 0 Å². The molecule has 0 aliphatic rings. The minimum absolute atomic E-state index is 0. The predicted octanol–water partition coefficient (Wildman–Crippen LogP) is -0.708. The molecule has 0 radical (unpaired) electrons. The van der Waals surface area contributed by atoms with Crippen molar-refractivity contribution >= 4 is 18.4 Å². The molecule has 0 heterocycles. The SMILES string of the molecule is Cl.NCCC(=O)OCCO. The Labute approximate surface area is 65.8 Å². The average Bonchev–Trinajstić information content (AvgIpc) is 1.85. The van der Waals surface area contributed by atoms with E-state index in [0.717, 1.165) is 0 Å². The lowest BCUT2D eigenvalue weighted by atomic mass is 10.4. The van der Waals surface area contributed by atoms with E-state index >= 15 is 0 Å². The maximum Gasteiger partial charge on any atom is 0.307 e. The fourth-order valence-corrected chi connectivity index (χ4v) is 0.349. The highest BCUT2D eigenvalue weighted by Gasteiger charge is 1.97. The Kier molecular flexibility index (Phi) is 10.7. The minimum Gasteiger partial charge on any atom is -0.463 e. The molecule has 4 nitrogen and oxygen atoms in total. The summed E-state index contributed by atoms with van der Waals surface area (Å²) >= 11 is 0. The van der Waals surface area contributed by atoms with Crippen LogP contribution in [0.3, 0.4) is 0 Å². The number of hydrogen-bond donors (Lipinski definition) is 2. The number of hydrogen-bond acceptors (Lipinski definition) is 4. The molecular formula is C5H12ClNO3. The van der Waals surface area contributed by atoms with Gasteiger partial charge >= 0.3 is 5.97 Å². The summed E-state index contributed by atoms with van der Waals surface area (Å²) in [5, 5.41) is 8.17. The molecule has 0 atom stereocenters. The van der Waals surface area contributed by atoms with Crippen molar-refractivity contribution in [1.82, 2.24) is 0 Å². The summed E-state index contributed by atoms with van der Waals surface area (Å²) in [4.78, 5) is 10.4. The molecule has 0 bridgehead atoms. The van der Waals surface area contributed by atoms with Crippen molar-refractivity contribution in [2.45, 2.75) is 6.42 Å². The molecule has 0 amide bonds. The summed E-state index contributed by atoms with van der Waals surface area (Å²) in [5.41, 5.74) is 5.04. The molecule has 0 spiro atoms. The molecular weight excluding hydrogens is 158 g/mol. The molecule has 0 unspecified atom stereocenters. The molecule has 5 heteroatoms. The van der Waals surface area contributed by atoms with E-state index in [2.05, 4.69) is 4.74 Å². The van der Waals surface area contributed by atoms with Gasteiger partial charge in [0.2, 0.25) is 0 Å². The molecule has 0 saturated heterocycles. The quantitative estimate of drug-likeness (QED) is 0.546. The smallest absolute Gasteiger partial charge is 0.307 e. The number of halogens is 1. The van der Waals surface area contributed by atoms with Crippen LogP contribution in [-0.4, -0.2) is 30.8 Å². The fourth-order valence-electron chi connectivity index (χ4n) is 0.349. The maximum absolute atomic E-state index is 10.4. The van der Waals surface area contributed by atoms with Gasteiger partial charge < -0.3 is 15.6 Å². The van der Waals surface area contributed by atoms with Gasteiger partial charge in [0, 0.05) is 6.54 Å². The first-order valence-electron chi connectivity index (χ1n) is 2.77. The standard InChI is InChI=1S/C5H11NO3.ClH/c6-2-1-5(8)9-4-3-7;/h7H,1-4,6H2;1H. The summed E-state index contributed by atoms with van der Waals surface area (Å²) in [6.45, 7) is 0.236. The van der Waals surface area contributed by atoms with Crippen LogP contribution in [0.1, 0.15) is 6.42 Å². The molecule has 0 rings (SSSR count). The third kappa shape index (κ3) is 7.68. The van der Waals surface area contributed by atoms with Crippen LogP contribution in [0.25, 0.3) is 0 Å². The van der Waals surface area contributed by atoms with E-state index in [1.165, 1.54) is 0 Å². The Bertz CT molecular complexity index is 89.0. The number of rotatable bonds is 4. The van der Waals surface area contributed by atoms with Crippen LogP contribution in [0.2, 0.25) is 0 Å². The molecule has 0 aromatic carbocycles. The third-order valence-electron chi connectivity index (χ3n) is 0.703. The first-order valence-corrected chi connectivity index (χ1v) is 2.77. The Balaban J connectivity index is 0. The lowest BCUT2D eigenvalue weighted by Crippen LogP contribution is -2.12. The van der Waals surface area contributed by atoms with E-state index in [9.17, 15) is 4.79 Å². The van der Waals surface area contributed by atoms with Gasteiger partial charge in [0.05, 0.1) is 13.0 Å². The van der Waals surface area contributed by atoms with E-state index in [-0.39, 0.29) is 38.0 Å². The molecule has 10 heavy (non-hydrogen) atoms. The topological polar surface area (TPSA) is 72.6 Å². The Morgan fingerprint density at radius 3 is 2.60 bits per heavy atom. The molecule has 0 saturated carbocycles. The van der Waals surface area contributed by atoms with Crippen molar-refractivity contribution in [3.8, 4) is 0 Å². The molecule has 0 aromatic rings. The summed E-state index contributed by atoms with van der Waals surface area (Å²) in [7, 11) is 0. The van der Waals surface area contributed by atoms with E-state index in [0.29, 0.717) is 6.54 Å². The van der Waals surface area contributed by atoms with Gasteiger partial charge in [-0.3, -0.25) is 4.79 Å². The van der Waals surface area contributed by atoms with Gasteiger partial charge in [0.25, 0.3) is 0 Å². The normalized spacial score (nSPS) is 8.20. The lowest BCUT2D eigenvalue weighted by molar-refractivity contribution is -0.144. The second-order valence-electron chi connectivity index (χ2n) is 1.48. The first-order chi connectivity index (χ1) is 4.31. The Morgan fingerprint density at radius 1 is 1.60 bits per heavy atom. The van der Waals surface area contributed by atoms with Gasteiger partial charge in [0.1, 0.15) is 6.61 Å². The molecule has 0 aliphatic heterocycles. The van der Waals surface area contributed by atoms with E-state index < -0.39 is 0 Å². The number of carbonyl (C=O) groups excluding carboxylic acids is 1. The molecule has 62 valence electrons. The van der Waals surface area contributed by atoms with E-state index in [1.807, 2.05) is 0 Å². The van der Waals surface area contributed by atoms with Crippen molar-refractivity contribution in [2.24, 2.45) is 5.73 Å². The van der Waals surface area contributed by atoms with Crippen molar-refractivity contribution in [2.75, 3.05) is 19.8 Å². The third-order valence-corrected chi connectivity index (χ3v) is 0.703. The summed E-state index contributed by atoms with van der Waals surface area (Å²) in [5.74, 6) is -0.355. The van der Waals surface area contributed by atoms with E-state index in [1.54, 1.807) is 0 Å². The summed E-state index contributed by atoms with van der Waals surface area (Å²) in [6, 6.07) is 0. The zero-order chi connectivity index (χ0) is 7.11. The van der Waals surface area contributed by atoms with Crippen LogP contribution in [0.5, 0.6) is 0 Å². The highest BCUT2D eigenvalue weighted by molar-refractivity contribution is 5.85. The van der Waals surface area contributed by atoms with Crippen LogP contribution in [0.15, 0.2) is 0 Å². The number of aliphatic hydroxyl groups is 1. The number of aliphatic hydroxyl groups excluding tert-OH is 1. The highest BCUT2D eigenvalue weighted by atomic mass is 35.5. The van der Waals surface area contributed by atoms with Gasteiger partial charge in [-0.2, -0.15) is 0 Å². The van der Waals surface area contributed by atoms with Crippen LogP contribution in [0.4, 0.5) is 0 Å². The molecule has 3 N–H and O–H groups in total. The van der Waals surface area contributed by atoms with Gasteiger partial charge in [0.15, 0.2) is 0 Å². The van der Waals surface area contributed by atoms with Crippen molar-refractivity contribution < 1.29 is 14.6 Å². The Hall–Kier alpha value is -0.320. The second-order valence-corrected chi connectivity index (χ2v) is 1.48. The zero-order valence-electron chi connectivity index (χ0n) is 5.58.